The Morgan fingerprint density at radius 1 is 0.958 bits per heavy atom. The van der Waals surface area contributed by atoms with Crippen molar-refractivity contribution < 1.29 is 14.3 Å². The van der Waals surface area contributed by atoms with E-state index >= 15 is 0 Å². The van der Waals surface area contributed by atoms with Crippen LogP contribution in [0.15, 0.2) is 48.5 Å². The van der Waals surface area contributed by atoms with Crippen LogP contribution in [0, 0.1) is 13.8 Å². The Balaban J connectivity index is 1.95. The van der Waals surface area contributed by atoms with Gasteiger partial charge in [-0.05, 0) is 36.6 Å². The third-order valence-electron chi connectivity index (χ3n) is 3.87. The maximum atomic E-state index is 12.0. The van der Waals surface area contributed by atoms with Gasteiger partial charge in [-0.2, -0.15) is 0 Å². The van der Waals surface area contributed by atoms with E-state index in [1.54, 1.807) is 19.2 Å². The van der Waals surface area contributed by atoms with Gasteiger partial charge in [0.05, 0.1) is 6.10 Å². The summed E-state index contributed by atoms with van der Waals surface area (Å²) >= 11 is 0. The van der Waals surface area contributed by atoms with Crippen molar-refractivity contribution in [1.82, 2.24) is 5.32 Å². The summed E-state index contributed by atoms with van der Waals surface area (Å²) in [5, 5.41) is 5.23. The minimum Gasteiger partial charge on any atom is -0.375 e. The number of anilines is 1. The van der Waals surface area contributed by atoms with Crippen LogP contribution >= 0.6 is 0 Å². The number of carbonyl (C=O) groups is 2. The maximum Gasteiger partial charge on any atom is 0.313 e. The van der Waals surface area contributed by atoms with Crippen LogP contribution in [0.2, 0.25) is 0 Å². The topological polar surface area (TPSA) is 67.4 Å². The van der Waals surface area contributed by atoms with Crippen LogP contribution in [-0.4, -0.2) is 25.5 Å². The van der Waals surface area contributed by atoms with E-state index in [4.69, 9.17) is 4.74 Å². The summed E-state index contributed by atoms with van der Waals surface area (Å²) in [6.07, 6.45) is -0.304. The highest BCUT2D eigenvalue weighted by atomic mass is 16.5. The molecule has 1 unspecified atom stereocenters. The SMILES string of the molecule is COC(CNC(=O)C(=O)Nc1ccccc1C)c1ccccc1C. The van der Waals surface area contributed by atoms with Crippen LogP contribution in [0.5, 0.6) is 0 Å². The zero-order valence-corrected chi connectivity index (χ0v) is 14.1. The van der Waals surface area contributed by atoms with E-state index in [0.29, 0.717) is 5.69 Å². The zero-order chi connectivity index (χ0) is 17.5. The molecule has 5 heteroatoms. The van der Waals surface area contributed by atoms with Crippen LogP contribution in [0.4, 0.5) is 5.69 Å². The molecule has 0 radical (unpaired) electrons. The first-order chi connectivity index (χ1) is 11.5. The molecule has 126 valence electrons. The van der Waals surface area contributed by atoms with Crippen LogP contribution in [0.25, 0.3) is 0 Å². The van der Waals surface area contributed by atoms with E-state index in [-0.39, 0.29) is 12.6 Å². The minimum absolute atomic E-state index is 0.224. The van der Waals surface area contributed by atoms with Gasteiger partial charge >= 0.3 is 11.8 Å². The predicted octanol–water partition coefficient (Wildman–Crippen LogP) is 2.75. The molecule has 0 bridgehead atoms. The lowest BCUT2D eigenvalue weighted by Gasteiger charge is -2.18. The van der Waals surface area contributed by atoms with Gasteiger partial charge in [0.1, 0.15) is 0 Å². The summed E-state index contributed by atoms with van der Waals surface area (Å²) in [7, 11) is 1.58. The van der Waals surface area contributed by atoms with Gasteiger partial charge in [-0.25, -0.2) is 0 Å². The summed E-state index contributed by atoms with van der Waals surface area (Å²) in [6.45, 7) is 4.07. The molecule has 0 aliphatic rings. The molecule has 0 spiro atoms. The quantitative estimate of drug-likeness (QED) is 0.830. The molecule has 24 heavy (non-hydrogen) atoms. The molecule has 0 heterocycles. The molecule has 0 saturated carbocycles. The summed E-state index contributed by atoms with van der Waals surface area (Å²) in [5.74, 6) is -1.38. The van der Waals surface area contributed by atoms with E-state index in [1.165, 1.54) is 0 Å². The number of rotatable bonds is 5. The standard InChI is InChI=1S/C19H22N2O3/c1-13-8-4-6-10-15(13)17(24-3)12-20-18(22)19(23)21-16-11-7-5-9-14(16)2/h4-11,17H,12H2,1-3H3,(H,20,22)(H,21,23). The molecular weight excluding hydrogens is 304 g/mol. The van der Waals surface area contributed by atoms with Gasteiger partial charge in [-0.3, -0.25) is 9.59 Å². The molecule has 2 aromatic carbocycles. The van der Waals surface area contributed by atoms with Crippen molar-refractivity contribution in [3.05, 3.63) is 65.2 Å². The Labute approximate surface area is 142 Å². The lowest BCUT2D eigenvalue weighted by atomic mass is 10.0. The fraction of sp³-hybridized carbons (Fsp3) is 0.263. The van der Waals surface area contributed by atoms with E-state index < -0.39 is 11.8 Å². The summed E-state index contributed by atoms with van der Waals surface area (Å²) in [5.41, 5.74) is 3.58. The van der Waals surface area contributed by atoms with Crippen LogP contribution in [-0.2, 0) is 14.3 Å². The first kappa shape index (κ1) is 17.7. The molecule has 1 atom stereocenters. The van der Waals surface area contributed by atoms with Gasteiger partial charge in [0, 0.05) is 19.3 Å². The maximum absolute atomic E-state index is 12.0. The summed E-state index contributed by atoms with van der Waals surface area (Å²) in [6, 6.07) is 15.1. The molecule has 5 nitrogen and oxygen atoms in total. The second-order valence-electron chi connectivity index (χ2n) is 5.56. The number of methoxy groups -OCH3 is 1. The average Bonchev–Trinajstić information content (AvgIpc) is 2.58. The Kier molecular flexibility index (Phi) is 6.09. The fourth-order valence-corrected chi connectivity index (χ4v) is 2.43. The Morgan fingerprint density at radius 2 is 1.58 bits per heavy atom. The van der Waals surface area contributed by atoms with Crippen molar-refractivity contribution in [3.63, 3.8) is 0 Å². The minimum atomic E-state index is -0.691. The summed E-state index contributed by atoms with van der Waals surface area (Å²) < 4.78 is 5.44. The number of ether oxygens (including phenoxy) is 1. The van der Waals surface area contributed by atoms with Crippen molar-refractivity contribution in [1.29, 1.82) is 0 Å². The number of benzene rings is 2. The highest BCUT2D eigenvalue weighted by molar-refractivity contribution is 6.39. The van der Waals surface area contributed by atoms with Crippen molar-refractivity contribution >= 4 is 17.5 Å². The van der Waals surface area contributed by atoms with Crippen molar-refractivity contribution in [3.8, 4) is 0 Å². The number of carbonyl (C=O) groups excluding carboxylic acids is 2. The van der Waals surface area contributed by atoms with Crippen LogP contribution in [0.3, 0.4) is 0 Å². The first-order valence-corrected chi connectivity index (χ1v) is 7.76. The highest BCUT2D eigenvalue weighted by Crippen LogP contribution is 2.19. The highest BCUT2D eigenvalue weighted by Gasteiger charge is 2.18. The Hall–Kier alpha value is -2.66. The lowest BCUT2D eigenvalue weighted by molar-refractivity contribution is -0.136. The second kappa shape index (κ2) is 8.26. The monoisotopic (exact) mass is 326 g/mol. The zero-order valence-electron chi connectivity index (χ0n) is 14.1. The van der Waals surface area contributed by atoms with Gasteiger partial charge in [0.15, 0.2) is 0 Å². The molecule has 2 rings (SSSR count). The van der Waals surface area contributed by atoms with Gasteiger partial charge in [0.2, 0.25) is 0 Å². The molecule has 0 fully saturated rings. The van der Waals surface area contributed by atoms with E-state index in [9.17, 15) is 9.59 Å². The van der Waals surface area contributed by atoms with Crippen molar-refractivity contribution in [2.45, 2.75) is 20.0 Å². The fourth-order valence-electron chi connectivity index (χ4n) is 2.43. The average molecular weight is 326 g/mol. The smallest absolute Gasteiger partial charge is 0.313 e. The number of aryl methyl sites for hydroxylation is 2. The van der Waals surface area contributed by atoms with E-state index in [0.717, 1.165) is 16.7 Å². The number of hydrogen-bond donors (Lipinski definition) is 2. The molecule has 2 aromatic rings. The number of hydrogen-bond acceptors (Lipinski definition) is 3. The molecule has 0 aliphatic heterocycles. The van der Waals surface area contributed by atoms with Crippen LogP contribution < -0.4 is 10.6 Å². The van der Waals surface area contributed by atoms with Gasteiger partial charge < -0.3 is 15.4 Å². The van der Waals surface area contributed by atoms with Gasteiger partial charge in [-0.1, -0.05) is 42.5 Å². The molecule has 0 saturated heterocycles. The van der Waals surface area contributed by atoms with Crippen LogP contribution in [0.1, 0.15) is 22.8 Å². The number of amides is 2. The van der Waals surface area contributed by atoms with E-state index in [2.05, 4.69) is 10.6 Å². The molecule has 2 N–H and O–H groups in total. The molecular formula is C19H22N2O3. The molecule has 0 aliphatic carbocycles. The Bertz CT molecular complexity index is 728. The third-order valence-corrected chi connectivity index (χ3v) is 3.87. The van der Waals surface area contributed by atoms with Gasteiger partial charge in [-0.15, -0.1) is 0 Å². The lowest BCUT2D eigenvalue weighted by Crippen LogP contribution is -2.38. The first-order valence-electron chi connectivity index (χ1n) is 7.76. The Morgan fingerprint density at radius 3 is 2.21 bits per heavy atom. The summed E-state index contributed by atoms with van der Waals surface area (Å²) in [4.78, 5) is 24.0. The number of para-hydroxylation sites is 1. The molecule has 0 aromatic heterocycles. The van der Waals surface area contributed by atoms with Crippen molar-refractivity contribution in [2.24, 2.45) is 0 Å². The van der Waals surface area contributed by atoms with Crippen molar-refractivity contribution in [2.75, 3.05) is 19.0 Å². The normalized spacial score (nSPS) is 11.6. The number of nitrogens with one attached hydrogen (secondary N) is 2. The predicted molar refractivity (Wildman–Crippen MR) is 93.7 cm³/mol. The van der Waals surface area contributed by atoms with E-state index in [1.807, 2.05) is 50.2 Å². The third kappa shape index (κ3) is 4.43. The largest absolute Gasteiger partial charge is 0.375 e. The molecule has 2 amide bonds. The second-order valence-corrected chi connectivity index (χ2v) is 5.56. The van der Waals surface area contributed by atoms with Gasteiger partial charge in [0.25, 0.3) is 0 Å².